The maximum absolute atomic E-state index is 9.98. The van der Waals surface area contributed by atoms with Crippen molar-refractivity contribution < 1.29 is 61.3 Å². The standard InChI is InChI=1S/4C9H18O2.Ti/c4*1-2-3-4-5-6-7-8-9(10)11;/h4*2-8H2,1H3,(H,10,11);/q;;;;+4/p-4. The molecular formula is C36H68O8Ti. The van der Waals surface area contributed by atoms with E-state index < -0.39 is 23.9 Å². The molecule has 0 bridgehead atoms. The second kappa shape index (κ2) is 49.5. The molecule has 0 aliphatic carbocycles. The topological polar surface area (TPSA) is 161 Å². The van der Waals surface area contributed by atoms with Crippen LogP contribution in [0.5, 0.6) is 0 Å². The fourth-order valence-corrected chi connectivity index (χ4v) is 4.20. The zero-order chi connectivity index (χ0) is 34.1. The van der Waals surface area contributed by atoms with E-state index in [9.17, 15) is 39.6 Å². The first kappa shape index (κ1) is 53.1. The maximum atomic E-state index is 9.98. The van der Waals surface area contributed by atoms with Gasteiger partial charge in [0.1, 0.15) is 0 Å². The normalized spacial score (nSPS) is 9.69. The molecule has 0 aliphatic heterocycles. The Bertz CT molecular complexity index is 510. The van der Waals surface area contributed by atoms with E-state index in [2.05, 4.69) is 27.7 Å². The molecule has 0 atom stereocenters. The molecule has 0 aromatic heterocycles. The van der Waals surface area contributed by atoms with E-state index in [1.54, 1.807) is 0 Å². The first-order valence-electron chi connectivity index (χ1n) is 17.9. The van der Waals surface area contributed by atoms with E-state index in [-0.39, 0.29) is 47.4 Å². The van der Waals surface area contributed by atoms with Crippen LogP contribution >= 0.6 is 0 Å². The Morgan fingerprint density at radius 2 is 0.422 bits per heavy atom. The third kappa shape index (κ3) is 75.0. The molecule has 0 fully saturated rings. The molecule has 0 N–H and O–H groups in total. The molecule has 0 unspecified atom stereocenters. The fourth-order valence-electron chi connectivity index (χ4n) is 4.20. The molecule has 0 aliphatic rings. The van der Waals surface area contributed by atoms with Gasteiger partial charge in [0.2, 0.25) is 0 Å². The number of hydrogen-bond acceptors (Lipinski definition) is 8. The average molecular weight is 677 g/mol. The molecule has 264 valence electrons. The van der Waals surface area contributed by atoms with Crippen LogP contribution in [-0.2, 0) is 40.9 Å². The van der Waals surface area contributed by atoms with Gasteiger partial charge in [-0.15, -0.1) is 0 Å². The van der Waals surface area contributed by atoms with E-state index in [0.29, 0.717) is 0 Å². The molecule has 0 saturated carbocycles. The molecule has 9 heteroatoms. The Hall–Kier alpha value is -1.41. The van der Waals surface area contributed by atoms with E-state index in [1.165, 1.54) is 103 Å². The number of carbonyl (C=O) groups excluding carboxylic acids is 4. The second-order valence-electron chi connectivity index (χ2n) is 11.6. The van der Waals surface area contributed by atoms with Gasteiger partial charge in [0.25, 0.3) is 0 Å². The molecule has 0 amide bonds. The molecule has 45 heavy (non-hydrogen) atoms. The van der Waals surface area contributed by atoms with E-state index >= 15 is 0 Å². The molecule has 0 radical (unpaired) electrons. The molecule has 0 aromatic carbocycles. The summed E-state index contributed by atoms with van der Waals surface area (Å²) in [6, 6.07) is 0. The number of rotatable bonds is 28. The second-order valence-corrected chi connectivity index (χ2v) is 11.6. The summed E-state index contributed by atoms with van der Waals surface area (Å²) in [5.74, 6) is -3.66. The van der Waals surface area contributed by atoms with Crippen LogP contribution < -0.4 is 20.4 Å². The Labute approximate surface area is 291 Å². The van der Waals surface area contributed by atoms with Gasteiger partial charge in [0.05, 0.1) is 0 Å². The third-order valence-electron chi connectivity index (χ3n) is 6.94. The Balaban J connectivity index is -0.000000157. The molecule has 0 spiro atoms. The van der Waals surface area contributed by atoms with Gasteiger partial charge in [-0.25, -0.2) is 0 Å². The van der Waals surface area contributed by atoms with Crippen LogP contribution in [0.2, 0.25) is 0 Å². The first-order valence-corrected chi connectivity index (χ1v) is 17.9. The quantitative estimate of drug-likeness (QED) is 0.0726. The minimum Gasteiger partial charge on any atom is -0.550 e. The molecule has 0 saturated heterocycles. The summed E-state index contributed by atoms with van der Waals surface area (Å²) < 4.78 is 0. The van der Waals surface area contributed by atoms with Crippen molar-refractivity contribution in [3.8, 4) is 0 Å². The molecule has 0 rings (SSSR count). The summed E-state index contributed by atoms with van der Waals surface area (Å²) in [6.45, 7) is 8.67. The van der Waals surface area contributed by atoms with Crippen LogP contribution in [0.1, 0.15) is 207 Å². The van der Waals surface area contributed by atoms with Gasteiger partial charge in [-0.1, -0.05) is 156 Å². The number of carbonyl (C=O) groups is 4. The van der Waals surface area contributed by atoms with E-state index in [1.807, 2.05) is 0 Å². The van der Waals surface area contributed by atoms with E-state index in [0.717, 1.165) is 51.4 Å². The summed E-state index contributed by atoms with van der Waals surface area (Å²) in [4.78, 5) is 39.9. The Morgan fingerprint density at radius 1 is 0.289 bits per heavy atom. The molecule has 0 heterocycles. The Kier molecular flexibility index (Phi) is 58.4. The number of carboxylic acids is 4. The predicted molar refractivity (Wildman–Crippen MR) is 172 cm³/mol. The zero-order valence-corrected chi connectivity index (χ0v) is 31.1. The summed E-state index contributed by atoms with van der Waals surface area (Å²) in [5.41, 5.74) is 0. The van der Waals surface area contributed by atoms with Gasteiger partial charge < -0.3 is 39.6 Å². The monoisotopic (exact) mass is 676 g/mol. The summed E-state index contributed by atoms with van der Waals surface area (Å²) in [5, 5.41) is 39.9. The van der Waals surface area contributed by atoms with Crippen molar-refractivity contribution >= 4 is 23.9 Å². The zero-order valence-electron chi connectivity index (χ0n) is 29.6. The van der Waals surface area contributed by atoms with Crippen molar-refractivity contribution in [1.29, 1.82) is 0 Å². The average Bonchev–Trinajstić information content (AvgIpc) is 2.97. The van der Waals surface area contributed by atoms with Crippen molar-refractivity contribution in [2.75, 3.05) is 0 Å². The number of aliphatic carboxylic acids is 4. The van der Waals surface area contributed by atoms with Crippen molar-refractivity contribution in [2.45, 2.75) is 207 Å². The van der Waals surface area contributed by atoms with Crippen LogP contribution in [-0.4, -0.2) is 23.9 Å². The summed E-state index contributed by atoms with van der Waals surface area (Å²) in [6.07, 6.45) is 27.8. The Morgan fingerprint density at radius 3 is 0.556 bits per heavy atom. The minimum absolute atomic E-state index is 0. The van der Waals surface area contributed by atoms with E-state index in [4.69, 9.17) is 0 Å². The van der Waals surface area contributed by atoms with Crippen LogP contribution in [0, 0.1) is 0 Å². The minimum atomic E-state index is -0.916. The summed E-state index contributed by atoms with van der Waals surface area (Å²) >= 11 is 0. The largest absolute Gasteiger partial charge is 4.00 e. The predicted octanol–water partition coefficient (Wildman–Crippen LogP) is 5.95. The van der Waals surface area contributed by atoms with Gasteiger partial charge in [-0.05, 0) is 51.4 Å². The fraction of sp³-hybridized carbons (Fsp3) is 0.889. The van der Waals surface area contributed by atoms with Crippen LogP contribution in [0.4, 0.5) is 0 Å². The third-order valence-corrected chi connectivity index (χ3v) is 6.94. The molecule has 8 nitrogen and oxygen atoms in total. The smallest absolute Gasteiger partial charge is 0.550 e. The van der Waals surface area contributed by atoms with Crippen LogP contribution in [0.3, 0.4) is 0 Å². The van der Waals surface area contributed by atoms with Crippen LogP contribution in [0.25, 0.3) is 0 Å². The number of carboxylic acid groups (broad SMARTS) is 4. The van der Waals surface area contributed by atoms with Crippen molar-refractivity contribution in [1.82, 2.24) is 0 Å². The van der Waals surface area contributed by atoms with Gasteiger partial charge in [-0.3, -0.25) is 0 Å². The molecular weight excluding hydrogens is 608 g/mol. The summed E-state index contributed by atoms with van der Waals surface area (Å²) in [7, 11) is 0. The van der Waals surface area contributed by atoms with Gasteiger partial charge in [0, 0.05) is 23.9 Å². The number of hydrogen-bond donors (Lipinski definition) is 0. The van der Waals surface area contributed by atoms with Gasteiger partial charge in [-0.2, -0.15) is 0 Å². The van der Waals surface area contributed by atoms with Gasteiger partial charge >= 0.3 is 21.7 Å². The maximum Gasteiger partial charge on any atom is 4.00 e. The van der Waals surface area contributed by atoms with Crippen molar-refractivity contribution in [2.24, 2.45) is 0 Å². The van der Waals surface area contributed by atoms with Crippen molar-refractivity contribution in [3.63, 3.8) is 0 Å². The SMILES string of the molecule is CCCCCCCCC(=O)[O-].CCCCCCCCC(=O)[O-].CCCCCCCCC(=O)[O-].CCCCCCCCC(=O)[O-].[Ti+4]. The molecule has 0 aromatic rings. The first-order chi connectivity index (χ1) is 21.1. The van der Waals surface area contributed by atoms with Crippen molar-refractivity contribution in [3.05, 3.63) is 0 Å². The van der Waals surface area contributed by atoms with Gasteiger partial charge in [0.15, 0.2) is 0 Å². The number of unbranched alkanes of at least 4 members (excludes halogenated alkanes) is 20. The van der Waals surface area contributed by atoms with Crippen LogP contribution in [0.15, 0.2) is 0 Å².